The van der Waals surface area contributed by atoms with Crippen LogP contribution >= 0.6 is 0 Å². The van der Waals surface area contributed by atoms with Gasteiger partial charge in [0.05, 0.1) is 18.9 Å². The highest BCUT2D eigenvalue weighted by atomic mass is 32.2. The third kappa shape index (κ3) is 3.64. The highest BCUT2D eigenvalue weighted by Gasteiger charge is 2.34. The van der Waals surface area contributed by atoms with Gasteiger partial charge in [0.2, 0.25) is 10.0 Å². The van der Waals surface area contributed by atoms with Crippen molar-refractivity contribution in [2.45, 2.75) is 12.5 Å². The lowest BCUT2D eigenvalue weighted by Crippen LogP contribution is -2.49. The fourth-order valence-corrected chi connectivity index (χ4v) is 4.22. The highest BCUT2D eigenvalue weighted by Crippen LogP contribution is 2.32. The number of benzene rings is 1. The maximum atomic E-state index is 12.5. The molecule has 1 atom stereocenters. The molecule has 0 saturated carbocycles. The van der Waals surface area contributed by atoms with Crippen LogP contribution in [0.2, 0.25) is 0 Å². The topological polar surface area (TPSA) is 58.6 Å². The minimum Gasteiger partial charge on any atom is -0.496 e. The lowest BCUT2D eigenvalue weighted by atomic mass is 10.0. The van der Waals surface area contributed by atoms with E-state index in [9.17, 15) is 8.42 Å². The van der Waals surface area contributed by atoms with Gasteiger partial charge < -0.3 is 10.1 Å². The second kappa shape index (κ2) is 7.06. The summed E-state index contributed by atoms with van der Waals surface area (Å²) in [7, 11) is -1.70. The van der Waals surface area contributed by atoms with Gasteiger partial charge in [-0.3, -0.25) is 0 Å². The summed E-state index contributed by atoms with van der Waals surface area (Å²) < 4.78 is 32.0. The Balaban J connectivity index is 2.33. The molecule has 0 aromatic heterocycles. The molecular formula is C15H22N2O3S. The maximum absolute atomic E-state index is 12.5. The number of ether oxygens (including phenoxy) is 1. The first-order valence-corrected chi connectivity index (χ1v) is 8.65. The first kappa shape index (κ1) is 16.0. The van der Waals surface area contributed by atoms with Crippen molar-refractivity contribution in [1.29, 1.82) is 0 Å². The molecule has 5 nitrogen and oxygen atoms in total. The van der Waals surface area contributed by atoms with Crippen LogP contribution in [-0.4, -0.2) is 45.2 Å². The third-order valence-corrected chi connectivity index (χ3v) is 5.53. The van der Waals surface area contributed by atoms with E-state index in [0.717, 1.165) is 11.3 Å². The Hall–Kier alpha value is -1.37. The van der Waals surface area contributed by atoms with Gasteiger partial charge in [-0.25, -0.2) is 8.42 Å². The number of sulfonamides is 1. The van der Waals surface area contributed by atoms with Crippen molar-refractivity contribution in [2.75, 3.05) is 32.5 Å². The zero-order valence-corrected chi connectivity index (χ0v) is 13.1. The molecule has 2 rings (SSSR count). The molecule has 1 aromatic rings. The van der Waals surface area contributed by atoms with Crippen LogP contribution in [0.5, 0.6) is 5.75 Å². The van der Waals surface area contributed by atoms with Gasteiger partial charge in [-0.1, -0.05) is 24.3 Å². The van der Waals surface area contributed by atoms with Crippen molar-refractivity contribution >= 4 is 10.0 Å². The van der Waals surface area contributed by atoms with E-state index < -0.39 is 10.0 Å². The summed E-state index contributed by atoms with van der Waals surface area (Å²) in [6.45, 7) is 5.33. The molecule has 1 unspecified atom stereocenters. The first-order valence-electron chi connectivity index (χ1n) is 7.04. The largest absolute Gasteiger partial charge is 0.496 e. The van der Waals surface area contributed by atoms with E-state index in [4.69, 9.17) is 4.74 Å². The molecule has 0 amide bonds. The van der Waals surface area contributed by atoms with Crippen molar-refractivity contribution in [2.24, 2.45) is 0 Å². The van der Waals surface area contributed by atoms with E-state index in [2.05, 4.69) is 11.9 Å². The first-order chi connectivity index (χ1) is 10.1. The molecule has 1 aliphatic rings. The second-order valence-electron chi connectivity index (χ2n) is 4.97. The molecule has 116 valence electrons. The highest BCUT2D eigenvalue weighted by molar-refractivity contribution is 7.89. The molecule has 0 bridgehead atoms. The Morgan fingerprint density at radius 1 is 1.48 bits per heavy atom. The molecule has 1 saturated heterocycles. The van der Waals surface area contributed by atoms with Gasteiger partial charge in [0.25, 0.3) is 0 Å². The minimum absolute atomic E-state index is 0.0994. The van der Waals surface area contributed by atoms with Gasteiger partial charge >= 0.3 is 0 Å². The summed E-state index contributed by atoms with van der Waals surface area (Å²) in [6, 6.07) is 7.34. The van der Waals surface area contributed by atoms with Crippen molar-refractivity contribution < 1.29 is 13.2 Å². The van der Waals surface area contributed by atoms with Crippen molar-refractivity contribution in [3.8, 4) is 5.75 Å². The molecule has 1 aliphatic heterocycles. The van der Waals surface area contributed by atoms with Crippen LogP contribution < -0.4 is 10.1 Å². The summed E-state index contributed by atoms with van der Waals surface area (Å²) in [6.07, 6.45) is 2.10. The summed E-state index contributed by atoms with van der Waals surface area (Å²) in [4.78, 5) is 0. The number of allylic oxidation sites excluding steroid dienone is 1. The number of para-hydroxylation sites is 1. The molecule has 0 spiro atoms. The van der Waals surface area contributed by atoms with Crippen molar-refractivity contribution in [3.63, 3.8) is 0 Å². The average molecular weight is 310 g/mol. The van der Waals surface area contributed by atoms with E-state index in [1.165, 1.54) is 0 Å². The second-order valence-corrected chi connectivity index (χ2v) is 7.01. The lowest BCUT2D eigenvalue weighted by Gasteiger charge is -2.36. The van der Waals surface area contributed by atoms with Crippen LogP contribution in [0.1, 0.15) is 18.0 Å². The van der Waals surface area contributed by atoms with E-state index >= 15 is 0 Å². The normalized spacial score (nSPS) is 20.1. The monoisotopic (exact) mass is 310 g/mol. The molecule has 21 heavy (non-hydrogen) atoms. The molecular weight excluding hydrogens is 288 g/mol. The van der Waals surface area contributed by atoms with E-state index in [0.29, 0.717) is 26.1 Å². The summed E-state index contributed by atoms with van der Waals surface area (Å²) >= 11 is 0. The average Bonchev–Trinajstić information content (AvgIpc) is 2.53. The number of piperazine rings is 1. The molecule has 1 heterocycles. The van der Waals surface area contributed by atoms with Crippen LogP contribution in [0.3, 0.4) is 0 Å². The molecule has 6 heteroatoms. The number of hydrogen-bond acceptors (Lipinski definition) is 4. The van der Waals surface area contributed by atoms with Gasteiger partial charge in [0, 0.05) is 25.2 Å². The summed E-state index contributed by atoms with van der Waals surface area (Å²) in [5.74, 6) is 0.817. The van der Waals surface area contributed by atoms with Gasteiger partial charge in [0.15, 0.2) is 0 Å². The number of hydrogen-bond donors (Lipinski definition) is 1. The Labute approximate surface area is 126 Å². The quantitative estimate of drug-likeness (QED) is 0.810. The number of nitrogens with one attached hydrogen (secondary N) is 1. The fourth-order valence-electron chi connectivity index (χ4n) is 2.57. The zero-order valence-electron chi connectivity index (χ0n) is 12.3. The van der Waals surface area contributed by atoms with Crippen molar-refractivity contribution in [1.82, 2.24) is 9.62 Å². The molecule has 0 aliphatic carbocycles. The number of rotatable bonds is 6. The number of nitrogens with zero attached hydrogens (tertiary/aromatic N) is 1. The Morgan fingerprint density at radius 3 is 2.95 bits per heavy atom. The predicted molar refractivity (Wildman–Crippen MR) is 83.9 cm³/mol. The molecule has 1 N–H and O–H groups in total. The zero-order chi connectivity index (χ0) is 15.3. The van der Waals surface area contributed by atoms with Gasteiger partial charge in [-0.2, -0.15) is 4.31 Å². The molecule has 0 radical (unpaired) electrons. The van der Waals surface area contributed by atoms with Crippen molar-refractivity contribution in [3.05, 3.63) is 42.5 Å². The molecule has 1 fully saturated rings. The van der Waals surface area contributed by atoms with E-state index in [-0.39, 0.29) is 11.8 Å². The molecule has 1 aromatic carbocycles. The Morgan fingerprint density at radius 2 is 2.24 bits per heavy atom. The number of methoxy groups -OCH3 is 1. The van der Waals surface area contributed by atoms with Crippen LogP contribution in [0.15, 0.2) is 36.9 Å². The van der Waals surface area contributed by atoms with Crippen LogP contribution in [0, 0.1) is 0 Å². The third-order valence-electron chi connectivity index (χ3n) is 3.63. The standard InChI is InChI=1S/C15H22N2O3S/c1-3-4-11-21(18,19)17-10-9-16-12-14(17)13-7-5-6-8-15(13)20-2/h3,5-8,14,16H,1,4,9-12H2,2H3. The summed E-state index contributed by atoms with van der Waals surface area (Å²) in [5.41, 5.74) is 0.898. The maximum Gasteiger partial charge on any atom is 0.215 e. The lowest BCUT2D eigenvalue weighted by molar-refractivity contribution is 0.265. The van der Waals surface area contributed by atoms with E-state index in [1.807, 2.05) is 24.3 Å². The predicted octanol–water partition coefficient (Wildman–Crippen LogP) is 1.55. The Kier molecular flexibility index (Phi) is 5.39. The minimum atomic E-state index is -3.30. The fraction of sp³-hybridized carbons (Fsp3) is 0.467. The van der Waals surface area contributed by atoms with Crippen LogP contribution in [0.4, 0.5) is 0 Å². The van der Waals surface area contributed by atoms with Gasteiger partial charge in [-0.15, -0.1) is 6.58 Å². The van der Waals surface area contributed by atoms with Gasteiger partial charge in [-0.05, 0) is 12.5 Å². The SMILES string of the molecule is C=CCCS(=O)(=O)N1CCNCC1c1ccccc1OC. The van der Waals surface area contributed by atoms with Crippen LogP contribution in [0.25, 0.3) is 0 Å². The van der Waals surface area contributed by atoms with E-state index in [1.54, 1.807) is 17.5 Å². The Bertz CT molecular complexity index is 586. The summed E-state index contributed by atoms with van der Waals surface area (Å²) in [5, 5.41) is 3.26. The van der Waals surface area contributed by atoms with Gasteiger partial charge in [0.1, 0.15) is 5.75 Å². The van der Waals surface area contributed by atoms with Crippen LogP contribution in [-0.2, 0) is 10.0 Å². The smallest absolute Gasteiger partial charge is 0.215 e.